The highest BCUT2D eigenvalue weighted by Gasteiger charge is 2.10. The zero-order valence-corrected chi connectivity index (χ0v) is 10.4. The van der Waals surface area contributed by atoms with Gasteiger partial charge in [0.05, 0.1) is 18.8 Å². The van der Waals surface area contributed by atoms with Crippen molar-refractivity contribution in [3.63, 3.8) is 0 Å². The second-order valence-corrected chi connectivity index (χ2v) is 3.69. The second-order valence-electron chi connectivity index (χ2n) is 3.69. The third-order valence-corrected chi connectivity index (χ3v) is 2.03. The van der Waals surface area contributed by atoms with E-state index in [4.69, 9.17) is 14.0 Å². The number of esters is 1. The zero-order valence-electron chi connectivity index (χ0n) is 10.4. The molecule has 0 aromatic carbocycles. The predicted octanol–water partition coefficient (Wildman–Crippen LogP) is 0.816. The van der Waals surface area contributed by atoms with Crippen LogP contribution in [0.2, 0.25) is 0 Å². The molecule has 0 unspecified atom stereocenters. The molecule has 96 valence electrons. The van der Waals surface area contributed by atoms with E-state index in [-0.39, 0.29) is 12.5 Å². The lowest BCUT2D eigenvalue weighted by atomic mass is 10.3. The summed E-state index contributed by atoms with van der Waals surface area (Å²) in [6.07, 6.45) is 0. The number of nitrogens with zero attached hydrogens (tertiary/aromatic N) is 2. The van der Waals surface area contributed by atoms with E-state index in [0.717, 1.165) is 5.69 Å². The number of rotatable bonds is 7. The predicted molar refractivity (Wildman–Crippen MR) is 60.2 cm³/mol. The van der Waals surface area contributed by atoms with Crippen LogP contribution in [0.5, 0.6) is 0 Å². The van der Waals surface area contributed by atoms with E-state index in [1.807, 2.05) is 18.0 Å². The number of likely N-dealkylation sites (N-methyl/N-ethyl adjacent to an activating group) is 1. The fourth-order valence-electron chi connectivity index (χ4n) is 1.40. The molecular formula is C11H18N2O4. The summed E-state index contributed by atoms with van der Waals surface area (Å²) in [5.41, 5.74) is 0.767. The summed E-state index contributed by atoms with van der Waals surface area (Å²) >= 11 is 0. The van der Waals surface area contributed by atoms with Crippen molar-refractivity contribution in [3.8, 4) is 0 Å². The van der Waals surface area contributed by atoms with Crippen LogP contribution in [0.3, 0.4) is 0 Å². The van der Waals surface area contributed by atoms with E-state index >= 15 is 0 Å². The third kappa shape index (κ3) is 4.97. The fraction of sp³-hybridized carbons (Fsp3) is 0.636. The van der Waals surface area contributed by atoms with Crippen LogP contribution < -0.4 is 0 Å². The second kappa shape index (κ2) is 7.03. The van der Waals surface area contributed by atoms with E-state index in [1.54, 1.807) is 14.0 Å². The number of ether oxygens (including phenoxy) is 2. The van der Waals surface area contributed by atoms with Gasteiger partial charge in [0.25, 0.3) is 0 Å². The standard InChI is InChI=1S/C11H18N2O4/c1-4-16-11(14)7-13(2)6-9-5-10(8-15-3)17-12-9/h5H,4,6-8H2,1-3H3. The molecule has 17 heavy (non-hydrogen) atoms. The van der Waals surface area contributed by atoms with Gasteiger partial charge in [0, 0.05) is 19.7 Å². The normalized spacial score (nSPS) is 10.8. The molecule has 0 aliphatic carbocycles. The first kappa shape index (κ1) is 13.7. The van der Waals surface area contributed by atoms with Crippen LogP contribution in [0, 0.1) is 0 Å². The molecule has 0 N–H and O–H groups in total. The van der Waals surface area contributed by atoms with Crippen molar-refractivity contribution in [2.75, 3.05) is 27.3 Å². The maximum atomic E-state index is 11.2. The minimum absolute atomic E-state index is 0.236. The summed E-state index contributed by atoms with van der Waals surface area (Å²) in [6, 6.07) is 1.81. The van der Waals surface area contributed by atoms with Crippen molar-refractivity contribution in [2.45, 2.75) is 20.1 Å². The molecule has 0 saturated heterocycles. The molecule has 0 spiro atoms. The summed E-state index contributed by atoms with van der Waals surface area (Å²) < 4.78 is 14.8. The van der Waals surface area contributed by atoms with E-state index in [1.165, 1.54) is 0 Å². The molecule has 0 saturated carbocycles. The Hall–Kier alpha value is -1.40. The lowest BCUT2D eigenvalue weighted by molar-refractivity contribution is -0.144. The van der Waals surface area contributed by atoms with Crippen molar-refractivity contribution in [3.05, 3.63) is 17.5 Å². The van der Waals surface area contributed by atoms with Gasteiger partial charge in [0.15, 0.2) is 5.76 Å². The van der Waals surface area contributed by atoms with Gasteiger partial charge in [0.2, 0.25) is 0 Å². The Morgan fingerprint density at radius 2 is 2.35 bits per heavy atom. The van der Waals surface area contributed by atoms with Gasteiger partial charge >= 0.3 is 5.97 Å². The molecule has 0 aliphatic rings. The quantitative estimate of drug-likeness (QED) is 0.659. The highest BCUT2D eigenvalue weighted by molar-refractivity contribution is 5.71. The number of hydrogen-bond acceptors (Lipinski definition) is 6. The van der Waals surface area contributed by atoms with Crippen LogP contribution >= 0.6 is 0 Å². The summed E-state index contributed by atoms with van der Waals surface area (Å²) in [7, 11) is 3.41. The molecule has 1 aromatic heterocycles. The number of carbonyl (C=O) groups is 1. The molecule has 0 atom stereocenters. The first-order chi connectivity index (χ1) is 8.15. The first-order valence-corrected chi connectivity index (χ1v) is 5.43. The van der Waals surface area contributed by atoms with Gasteiger partial charge < -0.3 is 14.0 Å². The molecule has 0 fully saturated rings. The van der Waals surface area contributed by atoms with Crippen molar-refractivity contribution >= 4 is 5.97 Å². The number of carbonyl (C=O) groups excluding carboxylic acids is 1. The van der Waals surface area contributed by atoms with Gasteiger partial charge in [0.1, 0.15) is 6.61 Å². The highest BCUT2D eigenvalue weighted by atomic mass is 16.5. The van der Waals surface area contributed by atoms with Gasteiger partial charge in [-0.15, -0.1) is 0 Å². The van der Waals surface area contributed by atoms with Crippen LogP contribution in [-0.4, -0.2) is 43.3 Å². The summed E-state index contributed by atoms with van der Waals surface area (Å²) in [6.45, 7) is 3.35. The monoisotopic (exact) mass is 242 g/mol. The first-order valence-electron chi connectivity index (χ1n) is 5.43. The van der Waals surface area contributed by atoms with Crippen LogP contribution in [-0.2, 0) is 27.4 Å². The van der Waals surface area contributed by atoms with Crippen LogP contribution in [0.15, 0.2) is 10.6 Å². The minimum Gasteiger partial charge on any atom is -0.465 e. The topological polar surface area (TPSA) is 64.8 Å². The molecule has 0 aliphatic heterocycles. The van der Waals surface area contributed by atoms with Gasteiger partial charge in [-0.2, -0.15) is 0 Å². The Morgan fingerprint density at radius 3 is 3.00 bits per heavy atom. The maximum absolute atomic E-state index is 11.2. The SMILES string of the molecule is CCOC(=O)CN(C)Cc1cc(COC)on1. The Morgan fingerprint density at radius 1 is 1.59 bits per heavy atom. The van der Waals surface area contributed by atoms with E-state index < -0.39 is 0 Å². The van der Waals surface area contributed by atoms with Gasteiger partial charge in [-0.05, 0) is 14.0 Å². The summed E-state index contributed by atoms with van der Waals surface area (Å²) in [4.78, 5) is 13.0. The lowest BCUT2D eigenvalue weighted by Crippen LogP contribution is -2.27. The summed E-state index contributed by atoms with van der Waals surface area (Å²) in [5.74, 6) is 0.433. The lowest BCUT2D eigenvalue weighted by Gasteiger charge is -2.13. The van der Waals surface area contributed by atoms with Crippen LogP contribution in [0.1, 0.15) is 18.4 Å². The fourth-order valence-corrected chi connectivity index (χ4v) is 1.40. The molecule has 6 heteroatoms. The van der Waals surface area contributed by atoms with E-state index in [9.17, 15) is 4.79 Å². The van der Waals surface area contributed by atoms with Crippen molar-refractivity contribution in [1.29, 1.82) is 0 Å². The minimum atomic E-state index is -0.240. The van der Waals surface area contributed by atoms with Crippen LogP contribution in [0.25, 0.3) is 0 Å². The van der Waals surface area contributed by atoms with Crippen molar-refractivity contribution < 1.29 is 18.8 Å². The molecule has 1 aromatic rings. The Labute approximate surface area is 100 Å². The number of hydrogen-bond donors (Lipinski definition) is 0. The molecule has 1 heterocycles. The van der Waals surface area contributed by atoms with Gasteiger partial charge in [-0.25, -0.2) is 0 Å². The average molecular weight is 242 g/mol. The van der Waals surface area contributed by atoms with Crippen LogP contribution in [0.4, 0.5) is 0 Å². The largest absolute Gasteiger partial charge is 0.465 e. The highest BCUT2D eigenvalue weighted by Crippen LogP contribution is 2.06. The van der Waals surface area contributed by atoms with E-state index in [0.29, 0.717) is 25.5 Å². The average Bonchev–Trinajstić information content (AvgIpc) is 2.66. The maximum Gasteiger partial charge on any atom is 0.320 e. The molecular weight excluding hydrogens is 224 g/mol. The number of aromatic nitrogens is 1. The molecule has 1 rings (SSSR count). The summed E-state index contributed by atoms with van der Waals surface area (Å²) in [5, 5.41) is 3.88. The third-order valence-electron chi connectivity index (χ3n) is 2.03. The molecule has 0 bridgehead atoms. The Bertz CT molecular complexity index is 351. The van der Waals surface area contributed by atoms with Crippen molar-refractivity contribution in [1.82, 2.24) is 10.1 Å². The number of methoxy groups -OCH3 is 1. The Balaban J connectivity index is 2.38. The smallest absolute Gasteiger partial charge is 0.320 e. The molecule has 6 nitrogen and oxygen atoms in total. The van der Waals surface area contributed by atoms with Crippen molar-refractivity contribution in [2.24, 2.45) is 0 Å². The Kier molecular flexibility index (Phi) is 5.65. The van der Waals surface area contributed by atoms with Gasteiger partial charge in [-0.1, -0.05) is 5.16 Å². The van der Waals surface area contributed by atoms with Gasteiger partial charge in [-0.3, -0.25) is 9.69 Å². The molecule has 0 radical (unpaired) electrons. The van der Waals surface area contributed by atoms with E-state index in [2.05, 4.69) is 5.16 Å². The molecule has 0 amide bonds. The zero-order chi connectivity index (χ0) is 12.7.